The first-order valence-electron chi connectivity index (χ1n) is 6.72. The molecule has 7 heteroatoms. The van der Waals surface area contributed by atoms with Crippen LogP contribution in [0.2, 0.25) is 0 Å². The molecular formula is C14H18FNO4S. The van der Waals surface area contributed by atoms with Gasteiger partial charge in [-0.25, -0.2) is 17.6 Å². The van der Waals surface area contributed by atoms with Crippen LogP contribution in [0.3, 0.4) is 0 Å². The van der Waals surface area contributed by atoms with Crippen LogP contribution in [0.5, 0.6) is 0 Å². The van der Waals surface area contributed by atoms with Gasteiger partial charge < -0.3 is 10.5 Å². The number of esters is 1. The number of hydrogen-bond donors (Lipinski definition) is 1. The van der Waals surface area contributed by atoms with Gasteiger partial charge in [0.05, 0.1) is 11.9 Å². The fourth-order valence-electron chi connectivity index (χ4n) is 2.71. The van der Waals surface area contributed by atoms with Crippen LogP contribution in [-0.4, -0.2) is 37.5 Å². The van der Waals surface area contributed by atoms with E-state index in [1.54, 1.807) is 13.0 Å². The lowest BCUT2D eigenvalue weighted by atomic mass is 10.1. The summed E-state index contributed by atoms with van der Waals surface area (Å²) in [6, 6.07) is 5.48. The molecule has 0 radical (unpaired) electrons. The van der Waals surface area contributed by atoms with E-state index in [1.165, 1.54) is 25.1 Å². The van der Waals surface area contributed by atoms with E-state index in [2.05, 4.69) is 0 Å². The third-order valence-electron chi connectivity index (χ3n) is 3.81. The van der Waals surface area contributed by atoms with Crippen molar-refractivity contribution in [2.24, 2.45) is 5.73 Å². The first kappa shape index (κ1) is 15.9. The first-order valence-corrected chi connectivity index (χ1v) is 8.43. The monoisotopic (exact) mass is 315 g/mol. The van der Waals surface area contributed by atoms with E-state index >= 15 is 0 Å². The van der Waals surface area contributed by atoms with Gasteiger partial charge in [-0.1, -0.05) is 19.1 Å². The van der Waals surface area contributed by atoms with Crippen molar-refractivity contribution in [3.8, 4) is 0 Å². The lowest BCUT2D eigenvalue weighted by Crippen LogP contribution is -2.41. The molecular weight excluding hydrogens is 297 g/mol. The van der Waals surface area contributed by atoms with E-state index in [0.29, 0.717) is 5.56 Å². The summed E-state index contributed by atoms with van der Waals surface area (Å²) in [5.41, 5.74) is 4.79. The summed E-state index contributed by atoms with van der Waals surface area (Å²) >= 11 is 0. The molecule has 0 saturated heterocycles. The number of hydrogen-bond acceptors (Lipinski definition) is 5. The SMILES string of the molecule is CCOC(=O)[C@@]1(N)[C@@H](c2cccc(F)c2)[C@@H]1S(=O)(=O)CC. The Kier molecular flexibility index (Phi) is 4.08. The van der Waals surface area contributed by atoms with Crippen molar-refractivity contribution in [1.82, 2.24) is 0 Å². The fraction of sp³-hybridized carbons (Fsp3) is 0.500. The van der Waals surface area contributed by atoms with Gasteiger partial charge in [-0.3, -0.25) is 0 Å². The molecule has 0 spiro atoms. The van der Waals surface area contributed by atoms with Crippen molar-refractivity contribution in [1.29, 1.82) is 0 Å². The molecule has 0 heterocycles. The number of sulfone groups is 1. The maximum absolute atomic E-state index is 13.4. The summed E-state index contributed by atoms with van der Waals surface area (Å²) in [6.07, 6.45) is 0. The number of carbonyl (C=O) groups excluding carboxylic acids is 1. The molecule has 1 saturated carbocycles. The molecule has 1 aliphatic carbocycles. The molecule has 3 atom stereocenters. The van der Waals surface area contributed by atoms with E-state index in [4.69, 9.17) is 10.5 Å². The predicted octanol–water partition coefficient (Wildman–Crippen LogP) is 0.987. The highest BCUT2D eigenvalue weighted by Gasteiger charge is 2.74. The van der Waals surface area contributed by atoms with Gasteiger partial charge >= 0.3 is 5.97 Å². The topological polar surface area (TPSA) is 86.5 Å². The number of rotatable bonds is 5. The number of ether oxygens (including phenoxy) is 1. The van der Waals surface area contributed by atoms with Gasteiger partial charge in [-0.05, 0) is 24.6 Å². The summed E-state index contributed by atoms with van der Waals surface area (Å²) in [6.45, 7) is 3.21. The standard InChI is InChI=1S/C14H18FNO4S/c1-3-20-13(17)14(16)11(12(14)21(18,19)4-2)9-6-5-7-10(15)8-9/h5-8,11-12H,3-4,16H2,1-2H3/t11-,12-,14+/m0/s1. The normalized spacial score (nSPS) is 28.2. The average molecular weight is 315 g/mol. The Bertz CT molecular complexity index is 661. The molecule has 21 heavy (non-hydrogen) atoms. The Morgan fingerprint density at radius 3 is 2.62 bits per heavy atom. The molecule has 0 amide bonds. The van der Waals surface area contributed by atoms with E-state index in [-0.39, 0.29) is 12.4 Å². The van der Waals surface area contributed by atoms with E-state index < -0.39 is 38.3 Å². The fourth-order valence-corrected chi connectivity index (χ4v) is 4.62. The Labute approximate surface area is 123 Å². The zero-order valence-corrected chi connectivity index (χ0v) is 12.7. The van der Waals surface area contributed by atoms with Crippen molar-refractivity contribution in [2.75, 3.05) is 12.4 Å². The van der Waals surface area contributed by atoms with Crippen LogP contribution in [0.1, 0.15) is 25.3 Å². The van der Waals surface area contributed by atoms with Crippen LogP contribution in [-0.2, 0) is 19.4 Å². The lowest BCUT2D eigenvalue weighted by Gasteiger charge is -2.10. The van der Waals surface area contributed by atoms with Crippen LogP contribution in [0.4, 0.5) is 4.39 Å². The van der Waals surface area contributed by atoms with Gasteiger partial charge in [0, 0.05) is 11.7 Å². The van der Waals surface area contributed by atoms with Gasteiger partial charge in [-0.2, -0.15) is 0 Å². The van der Waals surface area contributed by atoms with Crippen LogP contribution in [0.25, 0.3) is 0 Å². The zero-order valence-electron chi connectivity index (χ0n) is 11.9. The summed E-state index contributed by atoms with van der Waals surface area (Å²) in [7, 11) is -3.55. The largest absolute Gasteiger partial charge is 0.465 e. The van der Waals surface area contributed by atoms with Crippen LogP contribution >= 0.6 is 0 Å². The summed E-state index contributed by atoms with van der Waals surface area (Å²) in [5.74, 6) is -2.18. The zero-order chi connectivity index (χ0) is 15.8. The van der Waals surface area contributed by atoms with Crippen molar-refractivity contribution >= 4 is 15.8 Å². The molecule has 0 bridgehead atoms. The van der Waals surface area contributed by atoms with E-state index in [1.807, 2.05) is 0 Å². The molecule has 1 aromatic rings. The number of carbonyl (C=O) groups is 1. The second-order valence-electron chi connectivity index (χ2n) is 5.06. The van der Waals surface area contributed by atoms with E-state index in [0.717, 1.165) is 0 Å². The second-order valence-corrected chi connectivity index (χ2v) is 7.47. The van der Waals surface area contributed by atoms with Gasteiger partial charge in [0.25, 0.3) is 0 Å². The van der Waals surface area contributed by atoms with Crippen molar-refractivity contribution < 1.29 is 22.3 Å². The molecule has 5 nitrogen and oxygen atoms in total. The maximum atomic E-state index is 13.4. The first-order chi connectivity index (χ1) is 9.79. The minimum atomic E-state index is -3.55. The number of benzene rings is 1. The molecule has 2 N–H and O–H groups in total. The molecule has 0 aliphatic heterocycles. The van der Waals surface area contributed by atoms with Crippen molar-refractivity contribution in [3.05, 3.63) is 35.6 Å². The van der Waals surface area contributed by atoms with Crippen molar-refractivity contribution in [3.63, 3.8) is 0 Å². The average Bonchev–Trinajstić information content (AvgIpc) is 3.08. The highest BCUT2D eigenvalue weighted by Crippen LogP contribution is 2.55. The molecule has 2 rings (SSSR count). The summed E-state index contributed by atoms with van der Waals surface area (Å²) < 4.78 is 42.6. The Balaban J connectivity index is 2.45. The maximum Gasteiger partial charge on any atom is 0.328 e. The minimum absolute atomic E-state index is 0.104. The number of nitrogens with two attached hydrogens (primary N) is 1. The molecule has 116 valence electrons. The highest BCUT2D eigenvalue weighted by molar-refractivity contribution is 7.92. The molecule has 1 aliphatic rings. The second kappa shape index (κ2) is 5.38. The van der Waals surface area contributed by atoms with Gasteiger partial charge in [0.1, 0.15) is 11.4 Å². The van der Waals surface area contributed by atoms with Crippen LogP contribution in [0.15, 0.2) is 24.3 Å². The molecule has 0 aromatic heterocycles. The number of halogens is 1. The molecule has 1 aromatic carbocycles. The third kappa shape index (κ3) is 2.55. The van der Waals surface area contributed by atoms with Crippen LogP contribution < -0.4 is 5.73 Å². The highest BCUT2D eigenvalue weighted by atomic mass is 32.2. The summed E-state index contributed by atoms with van der Waals surface area (Å²) in [4.78, 5) is 12.1. The Morgan fingerprint density at radius 1 is 1.43 bits per heavy atom. The predicted molar refractivity (Wildman–Crippen MR) is 75.9 cm³/mol. The van der Waals surface area contributed by atoms with Crippen molar-refractivity contribution in [2.45, 2.75) is 30.6 Å². The van der Waals surface area contributed by atoms with Crippen LogP contribution in [0, 0.1) is 5.82 Å². The summed E-state index contributed by atoms with van der Waals surface area (Å²) in [5, 5.41) is -1.07. The smallest absolute Gasteiger partial charge is 0.328 e. The van der Waals surface area contributed by atoms with Gasteiger partial charge in [-0.15, -0.1) is 0 Å². The lowest BCUT2D eigenvalue weighted by molar-refractivity contribution is -0.145. The molecule has 0 unspecified atom stereocenters. The minimum Gasteiger partial charge on any atom is -0.465 e. The third-order valence-corrected chi connectivity index (χ3v) is 6.05. The molecule has 1 fully saturated rings. The van der Waals surface area contributed by atoms with Gasteiger partial charge in [0.2, 0.25) is 0 Å². The van der Waals surface area contributed by atoms with E-state index in [9.17, 15) is 17.6 Å². The quantitative estimate of drug-likeness (QED) is 0.819. The Hall–Kier alpha value is -1.47. The van der Waals surface area contributed by atoms with Gasteiger partial charge in [0.15, 0.2) is 9.84 Å². The Morgan fingerprint density at radius 2 is 2.10 bits per heavy atom.